The van der Waals surface area contributed by atoms with Crippen LogP contribution in [-0.2, 0) is 16.1 Å². The summed E-state index contributed by atoms with van der Waals surface area (Å²) >= 11 is 0. The number of nitrogens with one attached hydrogen (secondary N) is 1. The van der Waals surface area contributed by atoms with Crippen molar-refractivity contribution in [2.24, 2.45) is 0 Å². The van der Waals surface area contributed by atoms with E-state index in [-0.39, 0.29) is 5.97 Å². The molecule has 0 aliphatic rings. The van der Waals surface area contributed by atoms with Crippen LogP contribution in [0.2, 0.25) is 0 Å². The number of rotatable bonds is 9. The van der Waals surface area contributed by atoms with Gasteiger partial charge in [0.25, 0.3) is 0 Å². The van der Waals surface area contributed by atoms with Crippen LogP contribution in [0, 0.1) is 0 Å². The number of carbonyl (C=O) groups is 1. The minimum Gasteiger partial charge on any atom is -0.493 e. The van der Waals surface area contributed by atoms with Crippen molar-refractivity contribution in [1.29, 1.82) is 0 Å². The Balaban J connectivity index is 2.65. The van der Waals surface area contributed by atoms with E-state index in [1.165, 1.54) is 0 Å². The predicted molar refractivity (Wildman–Crippen MR) is 79.1 cm³/mol. The molecule has 0 radical (unpaired) electrons. The van der Waals surface area contributed by atoms with Crippen molar-refractivity contribution in [3.8, 4) is 17.2 Å². The molecule has 0 fully saturated rings. The van der Waals surface area contributed by atoms with Gasteiger partial charge in [-0.05, 0) is 13.0 Å². The normalized spacial score (nSPS) is 10.1. The highest BCUT2D eigenvalue weighted by molar-refractivity contribution is 5.69. The minimum atomic E-state index is -0.204. The van der Waals surface area contributed by atoms with Gasteiger partial charge in [0.1, 0.15) is 0 Å². The summed E-state index contributed by atoms with van der Waals surface area (Å²) in [5.41, 5.74) is 0.930. The highest BCUT2D eigenvalue weighted by Gasteiger charge is 2.15. The van der Waals surface area contributed by atoms with E-state index in [0.29, 0.717) is 43.4 Å². The van der Waals surface area contributed by atoms with Gasteiger partial charge in [-0.25, -0.2) is 0 Å². The SMILES string of the molecule is CCOC(=O)CCNCc1ccc(OC)c(OC)c1OC. The number of esters is 1. The number of methoxy groups -OCH3 is 3. The van der Waals surface area contributed by atoms with Crippen LogP contribution in [0.4, 0.5) is 0 Å². The molecule has 0 spiro atoms. The zero-order chi connectivity index (χ0) is 15.7. The molecule has 6 heteroatoms. The third kappa shape index (κ3) is 4.82. The molecule has 0 aromatic heterocycles. The number of benzene rings is 1. The Morgan fingerprint density at radius 1 is 1.10 bits per heavy atom. The lowest BCUT2D eigenvalue weighted by Gasteiger charge is -2.16. The smallest absolute Gasteiger partial charge is 0.307 e. The van der Waals surface area contributed by atoms with Gasteiger partial charge in [-0.2, -0.15) is 0 Å². The third-order valence-corrected chi connectivity index (χ3v) is 2.91. The van der Waals surface area contributed by atoms with E-state index < -0.39 is 0 Å². The van der Waals surface area contributed by atoms with Crippen molar-refractivity contribution < 1.29 is 23.7 Å². The maximum atomic E-state index is 11.2. The van der Waals surface area contributed by atoms with E-state index in [1.54, 1.807) is 28.3 Å². The van der Waals surface area contributed by atoms with Gasteiger partial charge in [0, 0.05) is 18.7 Å². The first-order valence-electron chi connectivity index (χ1n) is 6.82. The summed E-state index contributed by atoms with van der Waals surface area (Å²) in [4.78, 5) is 11.2. The summed E-state index contributed by atoms with van der Waals surface area (Å²) in [5.74, 6) is 1.60. The second kappa shape index (κ2) is 9.07. The van der Waals surface area contributed by atoms with Crippen molar-refractivity contribution in [1.82, 2.24) is 5.32 Å². The van der Waals surface area contributed by atoms with Crippen molar-refractivity contribution in [3.05, 3.63) is 17.7 Å². The maximum Gasteiger partial charge on any atom is 0.307 e. The standard InChI is InChI=1S/C15H23NO5/c1-5-21-13(17)8-9-16-10-11-6-7-12(18-2)15(20-4)14(11)19-3/h6-7,16H,5,8-10H2,1-4H3. The van der Waals surface area contributed by atoms with Crippen LogP contribution in [0.3, 0.4) is 0 Å². The first kappa shape index (κ1) is 17.1. The molecule has 0 atom stereocenters. The summed E-state index contributed by atoms with van der Waals surface area (Å²) in [7, 11) is 4.73. The topological polar surface area (TPSA) is 66.0 Å². The van der Waals surface area contributed by atoms with E-state index in [9.17, 15) is 4.79 Å². The Morgan fingerprint density at radius 3 is 2.38 bits per heavy atom. The fourth-order valence-electron chi connectivity index (χ4n) is 1.95. The van der Waals surface area contributed by atoms with Gasteiger partial charge < -0.3 is 24.3 Å². The monoisotopic (exact) mass is 297 g/mol. The van der Waals surface area contributed by atoms with E-state index in [4.69, 9.17) is 18.9 Å². The second-order valence-electron chi connectivity index (χ2n) is 4.23. The zero-order valence-corrected chi connectivity index (χ0v) is 13.0. The Bertz CT molecular complexity index is 462. The molecule has 0 heterocycles. The number of hydrogen-bond acceptors (Lipinski definition) is 6. The Hall–Kier alpha value is -1.95. The summed E-state index contributed by atoms with van der Waals surface area (Å²) in [5, 5.41) is 3.18. The van der Waals surface area contributed by atoms with Crippen LogP contribution in [0.25, 0.3) is 0 Å². The van der Waals surface area contributed by atoms with Crippen molar-refractivity contribution in [2.45, 2.75) is 19.9 Å². The fraction of sp³-hybridized carbons (Fsp3) is 0.533. The molecule has 0 aliphatic carbocycles. The molecular formula is C15H23NO5. The van der Waals surface area contributed by atoms with Crippen LogP contribution in [0.5, 0.6) is 17.2 Å². The minimum absolute atomic E-state index is 0.204. The molecule has 6 nitrogen and oxygen atoms in total. The molecule has 0 saturated carbocycles. The lowest BCUT2D eigenvalue weighted by Crippen LogP contribution is -2.19. The highest BCUT2D eigenvalue weighted by atomic mass is 16.5. The lowest BCUT2D eigenvalue weighted by molar-refractivity contribution is -0.142. The molecule has 0 saturated heterocycles. The number of carbonyl (C=O) groups excluding carboxylic acids is 1. The molecule has 118 valence electrons. The Kier molecular flexibility index (Phi) is 7.39. The van der Waals surface area contributed by atoms with Crippen LogP contribution in [-0.4, -0.2) is 40.5 Å². The quantitative estimate of drug-likeness (QED) is 0.553. The Morgan fingerprint density at radius 2 is 1.81 bits per heavy atom. The number of ether oxygens (including phenoxy) is 4. The average Bonchev–Trinajstić information content (AvgIpc) is 2.50. The van der Waals surface area contributed by atoms with E-state index >= 15 is 0 Å². The lowest BCUT2D eigenvalue weighted by atomic mass is 10.1. The molecule has 0 amide bonds. The largest absolute Gasteiger partial charge is 0.493 e. The summed E-state index contributed by atoms with van der Waals surface area (Å²) in [6.07, 6.45) is 0.337. The second-order valence-corrected chi connectivity index (χ2v) is 4.23. The van der Waals surface area contributed by atoms with Crippen molar-refractivity contribution in [2.75, 3.05) is 34.5 Å². The van der Waals surface area contributed by atoms with E-state index in [0.717, 1.165) is 5.56 Å². The molecule has 1 rings (SSSR count). The summed E-state index contributed by atoms with van der Waals surface area (Å²) in [6.45, 7) is 3.29. The van der Waals surface area contributed by atoms with Crippen LogP contribution < -0.4 is 19.5 Å². The molecule has 1 N–H and O–H groups in total. The van der Waals surface area contributed by atoms with E-state index in [1.807, 2.05) is 12.1 Å². The highest BCUT2D eigenvalue weighted by Crippen LogP contribution is 2.39. The molecule has 0 aliphatic heterocycles. The zero-order valence-electron chi connectivity index (χ0n) is 13.0. The van der Waals surface area contributed by atoms with Gasteiger partial charge in [-0.1, -0.05) is 6.07 Å². The first-order chi connectivity index (χ1) is 10.2. The first-order valence-corrected chi connectivity index (χ1v) is 6.82. The molecular weight excluding hydrogens is 274 g/mol. The predicted octanol–water partition coefficient (Wildman–Crippen LogP) is 1.76. The van der Waals surface area contributed by atoms with Gasteiger partial charge in [0.2, 0.25) is 5.75 Å². The van der Waals surface area contributed by atoms with Crippen LogP contribution >= 0.6 is 0 Å². The summed E-state index contributed by atoms with van der Waals surface area (Å²) in [6, 6.07) is 3.72. The molecule has 21 heavy (non-hydrogen) atoms. The van der Waals surface area contributed by atoms with Gasteiger partial charge in [-0.3, -0.25) is 4.79 Å². The average molecular weight is 297 g/mol. The van der Waals surface area contributed by atoms with Crippen molar-refractivity contribution >= 4 is 5.97 Å². The van der Waals surface area contributed by atoms with Gasteiger partial charge in [-0.15, -0.1) is 0 Å². The third-order valence-electron chi connectivity index (χ3n) is 2.91. The number of hydrogen-bond donors (Lipinski definition) is 1. The van der Waals surface area contributed by atoms with Crippen molar-refractivity contribution in [3.63, 3.8) is 0 Å². The molecule has 1 aromatic rings. The molecule has 0 unspecified atom stereocenters. The molecule has 0 bridgehead atoms. The maximum absolute atomic E-state index is 11.2. The van der Waals surface area contributed by atoms with Gasteiger partial charge in [0.05, 0.1) is 34.4 Å². The molecule has 1 aromatic carbocycles. The van der Waals surface area contributed by atoms with Crippen LogP contribution in [0.15, 0.2) is 12.1 Å². The Labute approximate surface area is 125 Å². The van der Waals surface area contributed by atoms with Gasteiger partial charge >= 0.3 is 5.97 Å². The fourth-order valence-corrected chi connectivity index (χ4v) is 1.95. The van der Waals surface area contributed by atoms with Crippen LogP contribution in [0.1, 0.15) is 18.9 Å². The van der Waals surface area contributed by atoms with E-state index in [2.05, 4.69) is 5.32 Å². The summed E-state index contributed by atoms with van der Waals surface area (Å²) < 4.78 is 20.8. The van der Waals surface area contributed by atoms with Gasteiger partial charge in [0.15, 0.2) is 11.5 Å².